The summed E-state index contributed by atoms with van der Waals surface area (Å²) in [4.78, 5) is 13.3. The van der Waals surface area contributed by atoms with Crippen LogP contribution in [0.25, 0.3) is 6.08 Å². The zero-order valence-electron chi connectivity index (χ0n) is 15.0. The highest BCUT2D eigenvalue weighted by molar-refractivity contribution is 5.82. The molecule has 1 fully saturated rings. The molecule has 2 aliphatic heterocycles. The fourth-order valence-electron chi connectivity index (χ4n) is 4.75. The molecule has 2 aromatic carbocycles. The van der Waals surface area contributed by atoms with Crippen LogP contribution in [0.5, 0.6) is 0 Å². The Labute approximate surface area is 160 Å². The van der Waals surface area contributed by atoms with Crippen molar-refractivity contribution in [3.05, 3.63) is 77.0 Å². The molecule has 1 saturated heterocycles. The normalized spacial score (nSPS) is 26.6. The Balaban J connectivity index is 2.03. The highest BCUT2D eigenvalue weighted by Gasteiger charge is 2.67. The number of rotatable bonds is 2. The lowest BCUT2D eigenvalue weighted by Crippen LogP contribution is -3.11. The lowest BCUT2D eigenvalue weighted by molar-refractivity contribution is -0.885. The van der Waals surface area contributed by atoms with Crippen LogP contribution in [-0.4, -0.2) is 11.8 Å². The summed E-state index contributed by atoms with van der Waals surface area (Å²) >= 11 is 0. The van der Waals surface area contributed by atoms with Gasteiger partial charge in [0.05, 0.1) is 24.3 Å². The van der Waals surface area contributed by atoms with Crippen LogP contribution in [0.1, 0.15) is 35.6 Å². The van der Waals surface area contributed by atoms with Gasteiger partial charge in [-0.25, -0.2) is 8.78 Å². The average Bonchev–Trinajstić information content (AvgIpc) is 2.99. The zero-order valence-corrected chi connectivity index (χ0v) is 15.0. The topological polar surface area (TPSA) is 69.1 Å². The van der Waals surface area contributed by atoms with Gasteiger partial charge in [-0.15, -0.1) is 0 Å². The van der Waals surface area contributed by atoms with E-state index >= 15 is 0 Å². The van der Waals surface area contributed by atoms with Gasteiger partial charge in [0.2, 0.25) is 5.41 Å². The van der Waals surface area contributed by atoms with Gasteiger partial charge in [0.15, 0.2) is 17.9 Å². The van der Waals surface area contributed by atoms with Crippen LogP contribution in [0.2, 0.25) is 0 Å². The number of benzene rings is 2. The summed E-state index contributed by atoms with van der Waals surface area (Å²) in [5.74, 6) is -2.90. The first-order valence-corrected chi connectivity index (χ1v) is 8.86. The number of halogens is 2. The van der Waals surface area contributed by atoms with E-state index in [-0.39, 0.29) is 11.3 Å². The van der Waals surface area contributed by atoms with Crippen molar-refractivity contribution >= 4 is 11.9 Å². The van der Waals surface area contributed by atoms with Gasteiger partial charge < -0.3 is 0 Å². The summed E-state index contributed by atoms with van der Waals surface area (Å²) in [6.07, 6.45) is 3.62. The Morgan fingerprint density at radius 1 is 1.11 bits per heavy atom. The molecule has 4 nitrogen and oxygen atoms in total. The van der Waals surface area contributed by atoms with Crippen LogP contribution in [-0.2, 0) is 4.79 Å². The van der Waals surface area contributed by atoms with Crippen molar-refractivity contribution in [2.24, 2.45) is 5.41 Å². The SMILES string of the molecule is CC(=O)[C@H]1[C@@H](c2ccc(F)cc2F)C(C#N)(C#N)[C@H]2c3ccccc3C=C[NH+]12. The molecule has 28 heavy (non-hydrogen) atoms. The number of carbonyl (C=O) groups excluding carboxylic acids is 1. The maximum atomic E-state index is 14.7. The van der Waals surface area contributed by atoms with E-state index in [2.05, 4.69) is 12.1 Å². The predicted octanol–water partition coefficient (Wildman–Crippen LogP) is 2.66. The first-order valence-electron chi connectivity index (χ1n) is 8.86. The third-order valence-corrected chi connectivity index (χ3v) is 5.84. The van der Waals surface area contributed by atoms with Gasteiger partial charge in [-0.1, -0.05) is 30.3 Å². The summed E-state index contributed by atoms with van der Waals surface area (Å²) in [7, 11) is 0. The first kappa shape index (κ1) is 18.0. The molecule has 138 valence electrons. The number of fused-ring (bicyclic) bond motifs is 3. The minimum absolute atomic E-state index is 0.0116. The van der Waals surface area contributed by atoms with E-state index in [1.165, 1.54) is 13.0 Å². The molecule has 0 spiro atoms. The number of nitriles is 2. The second-order valence-corrected chi connectivity index (χ2v) is 7.22. The van der Waals surface area contributed by atoms with E-state index in [4.69, 9.17) is 0 Å². The fraction of sp³-hybridized carbons (Fsp3) is 0.227. The maximum Gasteiger partial charge on any atom is 0.212 e. The van der Waals surface area contributed by atoms with Crippen LogP contribution in [0, 0.1) is 39.7 Å². The van der Waals surface area contributed by atoms with Crippen LogP contribution in [0.3, 0.4) is 0 Å². The molecule has 0 aromatic heterocycles. The van der Waals surface area contributed by atoms with E-state index < -0.39 is 35.1 Å². The second-order valence-electron chi connectivity index (χ2n) is 7.22. The monoisotopic (exact) mass is 376 g/mol. The molecule has 0 radical (unpaired) electrons. The lowest BCUT2D eigenvalue weighted by atomic mass is 9.67. The summed E-state index contributed by atoms with van der Waals surface area (Å²) in [5, 5.41) is 20.3. The number of ketones is 1. The molecule has 2 heterocycles. The quantitative estimate of drug-likeness (QED) is 0.876. The minimum atomic E-state index is -1.69. The summed E-state index contributed by atoms with van der Waals surface area (Å²) < 4.78 is 28.2. The average molecular weight is 376 g/mol. The molecule has 2 aromatic rings. The van der Waals surface area contributed by atoms with Crippen molar-refractivity contribution in [1.29, 1.82) is 10.5 Å². The Hall–Kier alpha value is -3.35. The maximum absolute atomic E-state index is 14.7. The van der Waals surface area contributed by atoms with Gasteiger partial charge >= 0.3 is 0 Å². The Morgan fingerprint density at radius 2 is 1.82 bits per heavy atom. The molecule has 4 atom stereocenters. The third kappa shape index (κ3) is 2.32. The van der Waals surface area contributed by atoms with E-state index in [1.807, 2.05) is 30.3 Å². The van der Waals surface area contributed by atoms with Crippen LogP contribution < -0.4 is 4.90 Å². The molecule has 0 saturated carbocycles. The predicted molar refractivity (Wildman–Crippen MR) is 96.4 cm³/mol. The van der Waals surface area contributed by atoms with Gasteiger partial charge in [-0.3, -0.25) is 9.69 Å². The lowest BCUT2D eigenvalue weighted by Gasteiger charge is -2.29. The van der Waals surface area contributed by atoms with Gasteiger partial charge in [0.25, 0.3) is 0 Å². The Morgan fingerprint density at radius 3 is 2.46 bits per heavy atom. The summed E-state index contributed by atoms with van der Waals surface area (Å²) in [6.45, 7) is 1.38. The van der Waals surface area contributed by atoms with E-state index in [0.717, 1.165) is 23.3 Å². The van der Waals surface area contributed by atoms with Gasteiger partial charge in [0, 0.05) is 24.1 Å². The molecular weight excluding hydrogens is 360 g/mol. The van der Waals surface area contributed by atoms with Crippen LogP contribution >= 0.6 is 0 Å². The highest BCUT2D eigenvalue weighted by Crippen LogP contribution is 2.51. The third-order valence-electron chi connectivity index (χ3n) is 5.84. The molecule has 0 bridgehead atoms. The number of Topliss-reactive ketones (excluding diaryl/α,β-unsaturated/α-hetero) is 1. The van der Waals surface area contributed by atoms with Gasteiger partial charge in [-0.2, -0.15) is 10.5 Å². The number of quaternary nitrogens is 1. The van der Waals surface area contributed by atoms with Crippen molar-refractivity contribution in [3.8, 4) is 12.1 Å². The van der Waals surface area contributed by atoms with E-state index in [9.17, 15) is 24.1 Å². The molecule has 0 aliphatic carbocycles. The van der Waals surface area contributed by atoms with Crippen molar-refractivity contribution in [2.45, 2.75) is 24.9 Å². The highest BCUT2D eigenvalue weighted by atomic mass is 19.1. The number of hydrogen-bond acceptors (Lipinski definition) is 3. The Kier molecular flexibility index (Phi) is 4.10. The van der Waals surface area contributed by atoms with Gasteiger partial charge in [-0.05, 0) is 17.7 Å². The smallest absolute Gasteiger partial charge is 0.212 e. The standard InChI is InChI=1S/C22H15F2N3O/c1-13(28)20-19(17-7-6-15(23)10-18(17)24)22(11-25,12-26)21-16-5-3-2-4-14(16)8-9-27(20)21/h2-10,19-21H,1H3/p+1/t19-,20+,21-/m1/s1. The first-order chi connectivity index (χ1) is 13.4. The second kappa shape index (κ2) is 6.37. The van der Waals surface area contributed by atoms with Crippen molar-refractivity contribution < 1.29 is 18.5 Å². The van der Waals surface area contributed by atoms with E-state index in [0.29, 0.717) is 4.90 Å². The summed E-state index contributed by atoms with van der Waals surface area (Å²) in [5.41, 5.74) is -0.0592. The van der Waals surface area contributed by atoms with Crippen molar-refractivity contribution in [2.75, 3.05) is 0 Å². The molecule has 1 unspecified atom stereocenters. The molecule has 4 rings (SSSR count). The van der Waals surface area contributed by atoms with Gasteiger partial charge in [0.1, 0.15) is 11.6 Å². The molecule has 0 amide bonds. The van der Waals surface area contributed by atoms with Crippen molar-refractivity contribution in [1.82, 2.24) is 0 Å². The molecular formula is C22H16F2N3O+. The van der Waals surface area contributed by atoms with Crippen molar-refractivity contribution in [3.63, 3.8) is 0 Å². The number of carbonyl (C=O) groups is 1. The number of nitrogens with one attached hydrogen (secondary N) is 1. The van der Waals surface area contributed by atoms with E-state index in [1.54, 1.807) is 6.20 Å². The number of nitrogens with zero attached hydrogens (tertiary/aromatic N) is 2. The number of hydrogen-bond donors (Lipinski definition) is 1. The minimum Gasteiger partial charge on any atom is -0.293 e. The largest absolute Gasteiger partial charge is 0.293 e. The van der Waals surface area contributed by atoms with Crippen LogP contribution in [0.15, 0.2) is 48.7 Å². The zero-order chi connectivity index (χ0) is 20.1. The fourth-order valence-corrected chi connectivity index (χ4v) is 4.75. The molecule has 2 aliphatic rings. The Bertz CT molecular complexity index is 1080. The van der Waals surface area contributed by atoms with Crippen LogP contribution in [0.4, 0.5) is 8.78 Å². The summed E-state index contributed by atoms with van der Waals surface area (Å²) in [6, 6.07) is 13.1. The molecule has 6 heteroatoms. The molecule has 1 N–H and O–H groups in total.